The SMILES string of the molecule is COc1cc(C)c(S(=O)(=O)N[C@@H](C)c2ccc(S(C)(=O)=O)cc2)c(C)c1. The highest BCUT2D eigenvalue weighted by molar-refractivity contribution is 7.90. The van der Waals surface area contributed by atoms with E-state index in [0.717, 1.165) is 6.26 Å². The van der Waals surface area contributed by atoms with E-state index in [1.54, 1.807) is 45.0 Å². The molecule has 0 heterocycles. The van der Waals surface area contributed by atoms with Crippen LogP contribution in [-0.2, 0) is 19.9 Å². The molecule has 0 bridgehead atoms. The fourth-order valence-electron chi connectivity index (χ4n) is 2.82. The summed E-state index contributed by atoms with van der Waals surface area (Å²) in [5.74, 6) is 0.600. The molecule has 0 amide bonds. The van der Waals surface area contributed by atoms with Crippen LogP contribution in [0.3, 0.4) is 0 Å². The monoisotopic (exact) mass is 397 g/mol. The molecule has 2 rings (SSSR count). The molecule has 0 fully saturated rings. The number of sulfonamides is 1. The number of benzene rings is 2. The van der Waals surface area contributed by atoms with Crippen LogP contribution in [0.1, 0.15) is 29.7 Å². The number of nitrogens with one attached hydrogen (secondary N) is 1. The maximum absolute atomic E-state index is 12.8. The van der Waals surface area contributed by atoms with E-state index < -0.39 is 25.9 Å². The van der Waals surface area contributed by atoms with Crippen LogP contribution in [0.25, 0.3) is 0 Å². The van der Waals surface area contributed by atoms with Crippen molar-refractivity contribution in [3.05, 3.63) is 53.1 Å². The minimum atomic E-state index is -3.76. The first-order valence-electron chi connectivity index (χ1n) is 7.93. The van der Waals surface area contributed by atoms with Gasteiger partial charge in [-0.2, -0.15) is 0 Å². The van der Waals surface area contributed by atoms with Gasteiger partial charge in [0.2, 0.25) is 10.0 Å². The second-order valence-electron chi connectivity index (χ2n) is 6.27. The van der Waals surface area contributed by atoms with Crippen molar-refractivity contribution < 1.29 is 21.6 Å². The number of methoxy groups -OCH3 is 1. The average Bonchev–Trinajstić information content (AvgIpc) is 2.52. The molecule has 6 nitrogen and oxygen atoms in total. The molecule has 0 aliphatic heterocycles. The average molecular weight is 398 g/mol. The third-order valence-corrected chi connectivity index (χ3v) is 7.05. The predicted molar refractivity (Wildman–Crippen MR) is 101 cm³/mol. The molecule has 0 aliphatic rings. The first-order chi connectivity index (χ1) is 12.0. The molecule has 0 aliphatic carbocycles. The lowest BCUT2D eigenvalue weighted by atomic mass is 10.1. The minimum absolute atomic E-state index is 0.193. The number of aryl methyl sites for hydroxylation is 2. The Morgan fingerprint density at radius 3 is 1.88 bits per heavy atom. The van der Waals surface area contributed by atoms with E-state index in [9.17, 15) is 16.8 Å². The van der Waals surface area contributed by atoms with Gasteiger partial charge in [-0.25, -0.2) is 21.6 Å². The number of hydrogen-bond acceptors (Lipinski definition) is 5. The van der Waals surface area contributed by atoms with Gasteiger partial charge in [0.25, 0.3) is 0 Å². The first-order valence-corrected chi connectivity index (χ1v) is 11.3. The second kappa shape index (κ2) is 7.38. The van der Waals surface area contributed by atoms with Gasteiger partial charge in [0, 0.05) is 12.3 Å². The smallest absolute Gasteiger partial charge is 0.241 e. The maximum atomic E-state index is 12.8. The van der Waals surface area contributed by atoms with Crippen molar-refractivity contribution in [2.45, 2.75) is 36.6 Å². The van der Waals surface area contributed by atoms with Crippen molar-refractivity contribution in [1.29, 1.82) is 0 Å². The Morgan fingerprint density at radius 1 is 0.962 bits per heavy atom. The molecule has 1 N–H and O–H groups in total. The minimum Gasteiger partial charge on any atom is -0.497 e. The Balaban J connectivity index is 2.32. The highest BCUT2D eigenvalue weighted by atomic mass is 32.2. The summed E-state index contributed by atoms with van der Waals surface area (Å²) in [7, 11) is -5.52. The molecule has 142 valence electrons. The van der Waals surface area contributed by atoms with Crippen LogP contribution >= 0.6 is 0 Å². The third kappa shape index (κ3) is 4.44. The molecule has 0 saturated carbocycles. The van der Waals surface area contributed by atoms with Crippen LogP contribution in [-0.4, -0.2) is 30.2 Å². The molecule has 0 unspecified atom stereocenters. The molecular formula is C18H23NO5S2. The van der Waals surface area contributed by atoms with E-state index in [1.165, 1.54) is 19.2 Å². The summed E-state index contributed by atoms with van der Waals surface area (Å²) in [6, 6.07) is 8.99. The Kier molecular flexibility index (Phi) is 5.79. The van der Waals surface area contributed by atoms with Gasteiger partial charge < -0.3 is 4.74 Å². The molecule has 0 aromatic heterocycles. The van der Waals surface area contributed by atoms with Gasteiger partial charge in [-0.3, -0.25) is 0 Å². The highest BCUT2D eigenvalue weighted by Crippen LogP contribution is 2.27. The number of sulfone groups is 1. The summed E-state index contributed by atoms with van der Waals surface area (Å²) in [5, 5.41) is 0. The largest absolute Gasteiger partial charge is 0.497 e. The summed E-state index contributed by atoms with van der Waals surface area (Å²) in [5.41, 5.74) is 1.85. The lowest BCUT2D eigenvalue weighted by molar-refractivity contribution is 0.413. The van der Waals surface area contributed by atoms with Crippen molar-refractivity contribution in [3.8, 4) is 5.75 Å². The van der Waals surface area contributed by atoms with Gasteiger partial charge in [-0.05, 0) is 61.7 Å². The summed E-state index contributed by atoms with van der Waals surface area (Å²) in [4.78, 5) is 0.413. The molecule has 2 aromatic rings. The number of hydrogen-bond donors (Lipinski definition) is 1. The molecular weight excluding hydrogens is 374 g/mol. The van der Waals surface area contributed by atoms with Crippen LogP contribution in [0.15, 0.2) is 46.2 Å². The number of rotatable bonds is 6. The fraction of sp³-hybridized carbons (Fsp3) is 0.333. The summed E-state index contributed by atoms with van der Waals surface area (Å²) >= 11 is 0. The number of ether oxygens (including phenoxy) is 1. The zero-order chi connectivity index (χ0) is 19.7. The van der Waals surface area contributed by atoms with Gasteiger partial charge in [-0.15, -0.1) is 0 Å². The van der Waals surface area contributed by atoms with Crippen molar-refractivity contribution in [1.82, 2.24) is 4.72 Å². The van der Waals surface area contributed by atoms with Crippen LogP contribution < -0.4 is 9.46 Å². The van der Waals surface area contributed by atoms with Crippen molar-refractivity contribution in [2.24, 2.45) is 0 Å². The zero-order valence-corrected chi connectivity index (χ0v) is 17.0. The van der Waals surface area contributed by atoms with Crippen molar-refractivity contribution in [3.63, 3.8) is 0 Å². The van der Waals surface area contributed by atoms with E-state index in [-0.39, 0.29) is 9.79 Å². The summed E-state index contributed by atoms with van der Waals surface area (Å²) < 4.78 is 56.6. The first kappa shape index (κ1) is 20.4. The van der Waals surface area contributed by atoms with Gasteiger partial charge in [0.05, 0.1) is 16.9 Å². The Hall–Kier alpha value is -1.90. The van der Waals surface area contributed by atoms with Crippen LogP contribution in [0.5, 0.6) is 5.75 Å². The Bertz CT molecular complexity index is 987. The van der Waals surface area contributed by atoms with E-state index in [1.807, 2.05) is 0 Å². The van der Waals surface area contributed by atoms with Crippen molar-refractivity contribution >= 4 is 19.9 Å². The zero-order valence-electron chi connectivity index (χ0n) is 15.4. The Labute approximate surface area is 155 Å². The van der Waals surface area contributed by atoms with E-state index in [4.69, 9.17) is 4.74 Å². The van der Waals surface area contributed by atoms with Gasteiger partial charge in [0.1, 0.15) is 5.75 Å². The lowest BCUT2D eigenvalue weighted by Gasteiger charge is -2.18. The van der Waals surface area contributed by atoms with Gasteiger partial charge in [-0.1, -0.05) is 12.1 Å². The van der Waals surface area contributed by atoms with Gasteiger partial charge >= 0.3 is 0 Å². The van der Waals surface area contributed by atoms with E-state index in [2.05, 4.69) is 4.72 Å². The molecule has 2 aromatic carbocycles. The van der Waals surface area contributed by atoms with E-state index in [0.29, 0.717) is 22.4 Å². The van der Waals surface area contributed by atoms with Crippen LogP contribution in [0.4, 0.5) is 0 Å². The topological polar surface area (TPSA) is 89.5 Å². The fourth-order valence-corrected chi connectivity index (χ4v) is 5.13. The van der Waals surface area contributed by atoms with Crippen molar-refractivity contribution in [2.75, 3.05) is 13.4 Å². The standard InChI is InChI=1S/C18H23NO5S2/c1-12-10-16(24-4)11-13(2)18(12)26(22,23)19-14(3)15-6-8-17(9-7-15)25(5,20)21/h6-11,14,19H,1-5H3/t14-/m0/s1. The predicted octanol–water partition coefficient (Wildman–Crippen LogP) is 2.76. The molecule has 8 heteroatoms. The normalized spacial score (nSPS) is 13.4. The van der Waals surface area contributed by atoms with E-state index >= 15 is 0 Å². The summed E-state index contributed by atoms with van der Waals surface area (Å²) in [6.45, 7) is 5.15. The molecule has 0 saturated heterocycles. The highest BCUT2D eigenvalue weighted by Gasteiger charge is 2.23. The second-order valence-corrected chi connectivity index (χ2v) is 9.94. The molecule has 0 spiro atoms. The molecule has 26 heavy (non-hydrogen) atoms. The molecule has 1 atom stereocenters. The van der Waals surface area contributed by atoms with Crippen LogP contribution in [0, 0.1) is 13.8 Å². The molecule has 0 radical (unpaired) electrons. The van der Waals surface area contributed by atoms with Crippen LogP contribution in [0.2, 0.25) is 0 Å². The van der Waals surface area contributed by atoms with Gasteiger partial charge in [0.15, 0.2) is 9.84 Å². The quantitative estimate of drug-likeness (QED) is 0.809. The maximum Gasteiger partial charge on any atom is 0.241 e. The lowest BCUT2D eigenvalue weighted by Crippen LogP contribution is -2.28. The Morgan fingerprint density at radius 2 is 1.46 bits per heavy atom. The third-order valence-electron chi connectivity index (χ3n) is 4.08. The summed E-state index contributed by atoms with van der Waals surface area (Å²) in [6.07, 6.45) is 1.13.